The minimum Gasteiger partial charge on any atom is -0.460 e. The zero-order valence-corrected chi connectivity index (χ0v) is 13.0. The van der Waals surface area contributed by atoms with Crippen molar-refractivity contribution < 1.29 is 9.47 Å². The first-order valence-corrected chi connectivity index (χ1v) is 7.52. The Labute approximate surface area is 130 Å². The van der Waals surface area contributed by atoms with Crippen LogP contribution in [-0.2, 0) is 4.74 Å². The molecule has 0 saturated heterocycles. The van der Waals surface area contributed by atoms with Gasteiger partial charge in [-0.25, -0.2) is 0 Å². The fourth-order valence-electron chi connectivity index (χ4n) is 3.46. The molecule has 110 valence electrons. The summed E-state index contributed by atoms with van der Waals surface area (Å²) in [4.78, 5) is 0. The monoisotopic (exact) mass is 290 g/mol. The van der Waals surface area contributed by atoms with E-state index in [0.29, 0.717) is 0 Å². The lowest BCUT2D eigenvalue weighted by atomic mass is 9.87. The van der Waals surface area contributed by atoms with Crippen LogP contribution in [0.4, 0.5) is 0 Å². The molecule has 0 saturated carbocycles. The molecule has 2 nitrogen and oxygen atoms in total. The zero-order valence-electron chi connectivity index (χ0n) is 13.0. The molecule has 3 aromatic carbocycles. The van der Waals surface area contributed by atoms with E-state index in [4.69, 9.17) is 9.47 Å². The van der Waals surface area contributed by atoms with E-state index >= 15 is 0 Å². The van der Waals surface area contributed by atoms with E-state index in [1.54, 1.807) is 7.11 Å². The summed E-state index contributed by atoms with van der Waals surface area (Å²) >= 11 is 0. The number of hydrogen-bond acceptors (Lipinski definition) is 2. The Morgan fingerprint density at radius 3 is 2.59 bits per heavy atom. The fourth-order valence-corrected chi connectivity index (χ4v) is 3.46. The van der Waals surface area contributed by atoms with E-state index in [9.17, 15) is 0 Å². The molecule has 0 radical (unpaired) electrons. The van der Waals surface area contributed by atoms with Crippen LogP contribution < -0.4 is 4.74 Å². The molecule has 0 fully saturated rings. The largest absolute Gasteiger partial charge is 0.460 e. The van der Waals surface area contributed by atoms with Crippen LogP contribution in [0.1, 0.15) is 23.0 Å². The molecular formula is C20H18O2. The predicted octanol–water partition coefficient (Wildman–Crippen LogP) is 5.16. The Balaban J connectivity index is 2.15. The standard InChI is InChI=1S/C20H18O2/c1-12-10-13(2)18-17(11-12)22-20(21-3)16-9-8-14-6-4-5-7-15(14)19(16)18/h4-11,20H,1-3H3/t20-/m0/s1. The van der Waals surface area contributed by atoms with Crippen molar-refractivity contribution in [2.45, 2.75) is 20.1 Å². The topological polar surface area (TPSA) is 18.5 Å². The van der Waals surface area contributed by atoms with Gasteiger partial charge in [0.2, 0.25) is 6.29 Å². The molecule has 1 atom stereocenters. The van der Waals surface area contributed by atoms with E-state index in [1.807, 2.05) is 0 Å². The maximum atomic E-state index is 6.10. The molecule has 1 aliphatic rings. The van der Waals surface area contributed by atoms with Gasteiger partial charge in [-0.1, -0.05) is 42.5 Å². The molecular weight excluding hydrogens is 272 g/mol. The molecule has 0 unspecified atom stereocenters. The third-order valence-electron chi connectivity index (χ3n) is 4.36. The lowest BCUT2D eigenvalue weighted by Crippen LogP contribution is -2.16. The summed E-state index contributed by atoms with van der Waals surface area (Å²) in [5.41, 5.74) is 5.96. The smallest absolute Gasteiger partial charge is 0.227 e. The van der Waals surface area contributed by atoms with Crippen LogP contribution in [-0.4, -0.2) is 7.11 Å². The highest BCUT2D eigenvalue weighted by Gasteiger charge is 2.28. The quantitative estimate of drug-likeness (QED) is 0.616. The van der Waals surface area contributed by atoms with Gasteiger partial charge in [0.1, 0.15) is 5.75 Å². The van der Waals surface area contributed by atoms with Gasteiger partial charge in [0, 0.05) is 23.8 Å². The molecule has 0 amide bonds. The molecule has 4 rings (SSSR count). The maximum absolute atomic E-state index is 6.10. The lowest BCUT2D eigenvalue weighted by Gasteiger charge is -2.30. The molecule has 0 aromatic heterocycles. The number of methoxy groups -OCH3 is 1. The Bertz CT molecular complexity index is 880. The highest BCUT2D eigenvalue weighted by molar-refractivity contribution is 6.01. The maximum Gasteiger partial charge on any atom is 0.227 e. The van der Waals surface area contributed by atoms with Crippen molar-refractivity contribution in [2.24, 2.45) is 0 Å². The third-order valence-corrected chi connectivity index (χ3v) is 4.36. The summed E-state index contributed by atoms with van der Waals surface area (Å²) in [5, 5.41) is 2.49. The summed E-state index contributed by atoms with van der Waals surface area (Å²) in [6.07, 6.45) is -0.353. The van der Waals surface area contributed by atoms with E-state index in [0.717, 1.165) is 11.3 Å². The summed E-state index contributed by atoms with van der Waals surface area (Å²) < 4.78 is 11.7. The number of benzene rings is 3. The van der Waals surface area contributed by atoms with Gasteiger partial charge in [-0.15, -0.1) is 0 Å². The summed E-state index contributed by atoms with van der Waals surface area (Å²) in [6.45, 7) is 4.24. The average molecular weight is 290 g/mol. The molecule has 2 heteroatoms. The number of ether oxygens (including phenoxy) is 2. The molecule has 0 N–H and O–H groups in total. The molecule has 1 aliphatic heterocycles. The first-order valence-electron chi connectivity index (χ1n) is 7.52. The minimum atomic E-state index is -0.353. The van der Waals surface area contributed by atoms with Crippen LogP contribution in [0.2, 0.25) is 0 Å². The molecule has 0 spiro atoms. The van der Waals surface area contributed by atoms with Gasteiger partial charge in [-0.3, -0.25) is 0 Å². The normalized spacial score (nSPS) is 16.0. The van der Waals surface area contributed by atoms with Crippen molar-refractivity contribution in [3.8, 4) is 16.9 Å². The zero-order chi connectivity index (χ0) is 15.3. The minimum absolute atomic E-state index is 0.353. The second kappa shape index (κ2) is 4.85. The van der Waals surface area contributed by atoms with Gasteiger partial charge in [0.05, 0.1) is 0 Å². The van der Waals surface area contributed by atoms with Crippen LogP contribution in [0, 0.1) is 13.8 Å². The Morgan fingerprint density at radius 2 is 1.77 bits per heavy atom. The first kappa shape index (κ1) is 13.4. The van der Waals surface area contributed by atoms with Crippen LogP contribution in [0.3, 0.4) is 0 Å². The van der Waals surface area contributed by atoms with E-state index in [2.05, 4.69) is 62.4 Å². The molecule has 1 heterocycles. The van der Waals surface area contributed by atoms with Gasteiger partial charge in [-0.05, 0) is 41.8 Å². The van der Waals surface area contributed by atoms with Crippen molar-refractivity contribution in [2.75, 3.05) is 7.11 Å². The summed E-state index contributed by atoms with van der Waals surface area (Å²) in [7, 11) is 1.69. The van der Waals surface area contributed by atoms with Crippen LogP contribution in [0.15, 0.2) is 48.5 Å². The molecule has 0 aliphatic carbocycles. The van der Waals surface area contributed by atoms with Crippen molar-refractivity contribution in [1.29, 1.82) is 0 Å². The number of fused-ring (bicyclic) bond motifs is 5. The Kier molecular flexibility index (Phi) is 2.95. The average Bonchev–Trinajstić information content (AvgIpc) is 2.53. The first-order chi connectivity index (χ1) is 10.7. The lowest BCUT2D eigenvalue weighted by molar-refractivity contribution is -0.0577. The molecule has 22 heavy (non-hydrogen) atoms. The Hall–Kier alpha value is -2.32. The van der Waals surface area contributed by atoms with E-state index < -0.39 is 0 Å². The van der Waals surface area contributed by atoms with Crippen molar-refractivity contribution in [1.82, 2.24) is 0 Å². The molecule has 3 aromatic rings. The summed E-state index contributed by atoms with van der Waals surface area (Å²) in [5.74, 6) is 0.910. The van der Waals surface area contributed by atoms with E-state index in [1.165, 1.54) is 33.0 Å². The van der Waals surface area contributed by atoms with Crippen LogP contribution >= 0.6 is 0 Å². The van der Waals surface area contributed by atoms with Crippen molar-refractivity contribution in [3.05, 3.63) is 65.2 Å². The van der Waals surface area contributed by atoms with Gasteiger partial charge in [0.15, 0.2) is 0 Å². The van der Waals surface area contributed by atoms with Crippen LogP contribution in [0.25, 0.3) is 21.9 Å². The predicted molar refractivity (Wildman–Crippen MR) is 89.2 cm³/mol. The van der Waals surface area contributed by atoms with Crippen LogP contribution in [0.5, 0.6) is 5.75 Å². The highest BCUT2D eigenvalue weighted by atomic mass is 16.7. The number of hydrogen-bond donors (Lipinski definition) is 0. The number of rotatable bonds is 1. The third kappa shape index (κ3) is 1.84. The SMILES string of the molecule is CO[C@H]1Oc2cc(C)cc(C)c2-c2c1ccc1ccccc21. The van der Waals surface area contributed by atoms with Gasteiger partial charge in [-0.2, -0.15) is 0 Å². The van der Waals surface area contributed by atoms with Crippen molar-refractivity contribution in [3.63, 3.8) is 0 Å². The molecule has 0 bridgehead atoms. The summed E-state index contributed by atoms with van der Waals surface area (Å²) in [6, 6.07) is 17.0. The number of aryl methyl sites for hydroxylation is 2. The second-order valence-corrected chi connectivity index (χ2v) is 5.89. The fraction of sp³-hybridized carbons (Fsp3) is 0.200. The second-order valence-electron chi connectivity index (χ2n) is 5.89. The van der Waals surface area contributed by atoms with Gasteiger partial charge in [0.25, 0.3) is 0 Å². The Morgan fingerprint density at radius 1 is 0.955 bits per heavy atom. The highest BCUT2D eigenvalue weighted by Crippen LogP contribution is 2.47. The van der Waals surface area contributed by atoms with Crippen molar-refractivity contribution >= 4 is 10.8 Å². The van der Waals surface area contributed by atoms with Gasteiger partial charge < -0.3 is 9.47 Å². The van der Waals surface area contributed by atoms with E-state index in [-0.39, 0.29) is 6.29 Å². The van der Waals surface area contributed by atoms with Gasteiger partial charge >= 0.3 is 0 Å².